The number of thiazole rings is 5. The van der Waals surface area contributed by atoms with Crippen LogP contribution < -0.4 is 31.9 Å². The zero-order valence-electron chi connectivity index (χ0n) is 58.0. The minimum absolute atomic E-state index is 0.000500. The summed E-state index contributed by atoms with van der Waals surface area (Å²) in [6.07, 6.45) is -12.5. The zero-order chi connectivity index (χ0) is 77.2. The van der Waals surface area contributed by atoms with Crippen molar-refractivity contribution in [3.05, 3.63) is 112 Å². The number of hydrogen-bond donors (Lipinski definition) is 11. The summed E-state index contributed by atoms with van der Waals surface area (Å²) in [5.74, 6) is -8.87. The molecule has 4 aliphatic heterocycles. The first kappa shape index (κ1) is 78.3. The SMILES string of the molecule is CO/C(C)=C1/NC(=O)[C@H]([C@@H](C)O)NC(=O)c2csc(n2)-c2cc(O)c(-c3nc(CNC(=O)NCCN(C)C)cs3)nc2-c2csc(n2)[C@@H]2COC(=O)c3c4c5c(cccc5n3O)COC(=O)[C@@H](O[C@H]3C[C@](C)(O)[C@H](N(C)C)[C@H](C)O3)[C@@H](OC4)[C@H](NC(=O)c3csc1n3)c1nc(cs1)C(=O)N2.O=C(O)C(F)(F)F. The number of urea groups is 1. The fraction of sp³-hybridized carbons (Fsp3) is 0.415. The molecule has 7 aromatic heterocycles. The van der Waals surface area contributed by atoms with E-state index in [-0.39, 0.29) is 111 Å². The summed E-state index contributed by atoms with van der Waals surface area (Å²) in [6, 6.07) is 0.464. The number of halogens is 3. The van der Waals surface area contributed by atoms with Gasteiger partial charge in [-0.25, -0.2) is 49.1 Å². The number of rotatable bonds is 11. The summed E-state index contributed by atoms with van der Waals surface area (Å²) < 4.78 is 70.1. The molecule has 0 saturated carbocycles. The van der Waals surface area contributed by atoms with Crippen LogP contribution in [0, 0.1) is 0 Å². The van der Waals surface area contributed by atoms with Crippen molar-refractivity contribution in [2.45, 2.75) is 121 Å². The molecule has 107 heavy (non-hydrogen) atoms. The Labute approximate surface area is 624 Å². The number of carboxylic acids is 1. The number of aliphatic hydroxyl groups excluding tert-OH is 1. The number of nitrogens with one attached hydrogen (secondary N) is 6. The Kier molecular flexibility index (Phi) is 23.7. The molecule has 12 bridgehead atoms. The summed E-state index contributed by atoms with van der Waals surface area (Å²) >= 11 is 4.85. The number of aliphatic hydroxyl groups is 2. The van der Waals surface area contributed by atoms with Gasteiger partial charge in [-0.3, -0.25) is 19.2 Å². The van der Waals surface area contributed by atoms with Crippen molar-refractivity contribution in [1.29, 1.82) is 0 Å². The third kappa shape index (κ3) is 17.3. The van der Waals surface area contributed by atoms with Crippen LogP contribution >= 0.6 is 56.7 Å². The van der Waals surface area contributed by atoms with Gasteiger partial charge in [0.15, 0.2) is 18.1 Å². The lowest BCUT2D eigenvalue weighted by atomic mass is 9.85. The van der Waals surface area contributed by atoms with Crippen LogP contribution in [0.15, 0.2) is 56.9 Å². The molecule has 1 fully saturated rings. The number of allylic oxidation sites excluding steroid dienone is 1. The number of hydrogen-bond acceptors (Lipinski definition) is 31. The van der Waals surface area contributed by atoms with Crippen molar-refractivity contribution >= 4 is 121 Å². The summed E-state index contributed by atoms with van der Waals surface area (Å²) in [5.41, 5.74) is -1.58. The Balaban J connectivity index is 0.00000155. The third-order valence-electron chi connectivity index (χ3n) is 17.1. The van der Waals surface area contributed by atoms with Gasteiger partial charge in [0.05, 0.1) is 55.3 Å². The first-order chi connectivity index (χ1) is 50.7. The molecule has 1 saturated heterocycles. The van der Waals surface area contributed by atoms with Gasteiger partial charge in [-0.1, -0.05) is 12.1 Å². The minimum Gasteiger partial charge on any atom is -0.506 e. The van der Waals surface area contributed by atoms with Gasteiger partial charge in [-0.2, -0.15) is 17.9 Å². The third-order valence-corrected chi connectivity index (χ3v) is 21.6. The van der Waals surface area contributed by atoms with Crippen LogP contribution in [0.2, 0.25) is 0 Å². The molecule has 11 heterocycles. The van der Waals surface area contributed by atoms with Gasteiger partial charge in [0.2, 0.25) is 5.91 Å². The van der Waals surface area contributed by atoms with Crippen LogP contribution in [0.25, 0.3) is 49.3 Å². The number of alkyl halides is 3. The van der Waals surface area contributed by atoms with Gasteiger partial charge in [0.25, 0.3) is 17.7 Å². The van der Waals surface area contributed by atoms with Crippen LogP contribution in [0.4, 0.5) is 18.0 Å². The van der Waals surface area contributed by atoms with E-state index in [1.54, 1.807) is 55.7 Å². The molecular formula is C65H70F3N15O19S5. The fourth-order valence-corrected chi connectivity index (χ4v) is 16.3. The van der Waals surface area contributed by atoms with Crippen molar-refractivity contribution in [2.24, 2.45) is 0 Å². The molecule has 0 radical (unpaired) electrons. The largest absolute Gasteiger partial charge is 0.506 e. The average Bonchev–Trinajstić information content (AvgIpc) is 1.66. The van der Waals surface area contributed by atoms with E-state index in [0.29, 0.717) is 29.1 Å². The van der Waals surface area contributed by atoms with Gasteiger partial charge in [-0.05, 0) is 73.6 Å². The number of nitrogens with zero attached hydrogens (tertiary/aromatic N) is 9. The number of benzene rings is 1. The molecule has 11 N–H and O–H groups in total. The predicted octanol–water partition coefficient (Wildman–Crippen LogP) is 5.16. The Morgan fingerprint density at radius 1 is 0.832 bits per heavy atom. The highest BCUT2D eigenvalue weighted by atomic mass is 32.1. The summed E-state index contributed by atoms with van der Waals surface area (Å²) in [5, 5.41) is 79.0. The quantitative estimate of drug-likeness (QED) is 0.0452. The Hall–Kier alpha value is -9.73. The standard InChI is InChI=1S/C63H69N15O17S5.C2HF3O2/c1-26(79)42-54(84)74-43(27(2)90-9)57-70-37(25-99-57)53(83)75-46-48-49(95-40-16-63(4,88)50(77(7)8)28(3)94-40)61(86)92-18-29-11-10-12-38-41(29)32(19-91-48)47(78(38)89)60(85)93-20-33(67-51(81)35-24-100-59(46)71-35)56-68-34(22-98-56)44-31(55-69-36(23-97-55)52(82)73-42)15-39(80)45(72-44)58-66-30(21-96-58)17-65-62(87)64-13-14-76(5)6;3-2(4,5)1(6)7/h10-12,15,21-26,28,33,40,42,46,48-50,79-80,88-89H,13-14,16-20H2,1-9H3,(H,67,81)(H,73,82)(H,74,84)(H,75,83)(H2,64,65,87);(H,6,7)/b43-27+;/t26-,28+,33+,40+,42+,46+,48+,49+,50-,63+;/m1./s1. The van der Waals surface area contributed by atoms with Crippen LogP contribution in [0.1, 0.15) is 120 Å². The number of likely N-dealkylation sites (N-methyl/N-ethyl adjacent to an activating group) is 2. The van der Waals surface area contributed by atoms with Crippen molar-refractivity contribution in [3.8, 4) is 38.4 Å². The molecule has 34 nitrogen and oxygen atoms in total. The van der Waals surface area contributed by atoms with Gasteiger partial charge in [0.1, 0.15) is 114 Å². The van der Waals surface area contributed by atoms with Crippen LogP contribution in [0.5, 0.6) is 5.75 Å². The number of amides is 6. The number of pyridine rings is 1. The number of carbonyl (C=O) groups excluding carboxylic acids is 7. The van der Waals surface area contributed by atoms with Crippen molar-refractivity contribution in [3.63, 3.8) is 0 Å². The van der Waals surface area contributed by atoms with E-state index < -0.39 is 140 Å². The number of ether oxygens (including phenoxy) is 6. The first-order valence-electron chi connectivity index (χ1n) is 32.3. The van der Waals surface area contributed by atoms with Crippen molar-refractivity contribution in [2.75, 3.05) is 55.0 Å². The molecule has 0 aliphatic carbocycles. The molecule has 0 unspecified atom stereocenters. The van der Waals surface area contributed by atoms with E-state index >= 15 is 19.2 Å². The second-order valence-electron chi connectivity index (χ2n) is 25.4. The second kappa shape index (κ2) is 32.4. The van der Waals surface area contributed by atoms with Crippen LogP contribution in [-0.2, 0) is 62.6 Å². The molecule has 570 valence electrons. The van der Waals surface area contributed by atoms with E-state index in [2.05, 4.69) is 46.9 Å². The predicted molar refractivity (Wildman–Crippen MR) is 377 cm³/mol. The lowest BCUT2D eigenvalue weighted by Gasteiger charge is -2.48. The Bertz CT molecular complexity index is 4760. The highest BCUT2D eigenvalue weighted by molar-refractivity contribution is 7.14. The van der Waals surface area contributed by atoms with E-state index in [9.17, 15) is 48.1 Å². The smallest absolute Gasteiger partial charge is 0.490 e. The van der Waals surface area contributed by atoms with Crippen LogP contribution in [0.3, 0.4) is 0 Å². The number of cyclic esters (lactones) is 2. The number of carboxylic acid groups (broad SMARTS) is 1. The monoisotopic (exact) mass is 1580 g/mol. The number of aromatic hydroxyl groups is 1. The molecular weight excluding hydrogens is 1510 g/mol. The van der Waals surface area contributed by atoms with E-state index in [1.165, 1.54) is 49.2 Å². The molecule has 8 aromatic rings. The zero-order valence-corrected chi connectivity index (χ0v) is 62.1. The molecule has 10 atom stereocenters. The van der Waals surface area contributed by atoms with Crippen LogP contribution in [-0.4, -0.2) is 227 Å². The number of aliphatic carboxylic acids is 1. The highest BCUT2D eigenvalue weighted by Gasteiger charge is 2.50. The van der Waals surface area contributed by atoms with Gasteiger partial charge in [-0.15, -0.1) is 56.7 Å². The van der Waals surface area contributed by atoms with Gasteiger partial charge in [0, 0.05) is 62.9 Å². The molecule has 6 amide bonds. The van der Waals surface area contributed by atoms with Gasteiger partial charge < -0.3 is 95.8 Å². The summed E-state index contributed by atoms with van der Waals surface area (Å²) in [6.45, 7) is 5.39. The molecule has 12 rings (SSSR count). The molecule has 0 spiro atoms. The first-order valence-corrected chi connectivity index (χ1v) is 36.7. The maximum atomic E-state index is 15.2. The summed E-state index contributed by atoms with van der Waals surface area (Å²) in [7, 11) is 8.63. The normalized spacial score (nSPS) is 23.1. The maximum Gasteiger partial charge on any atom is 0.490 e. The molecule has 42 heteroatoms. The Morgan fingerprint density at radius 3 is 2.16 bits per heavy atom. The number of fused-ring (bicyclic) bond motifs is 15. The Morgan fingerprint density at radius 2 is 1.48 bits per heavy atom. The van der Waals surface area contributed by atoms with Crippen molar-refractivity contribution in [1.82, 2.24) is 76.3 Å². The fourth-order valence-electron chi connectivity index (χ4n) is 12.1. The minimum atomic E-state index is -5.08. The topological polar surface area (TPSA) is 454 Å². The molecule has 1 aromatic carbocycles. The van der Waals surface area contributed by atoms with Crippen molar-refractivity contribution < 1.29 is 106 Å². The molecule has 4 aliphatic rings. The summed E-state index contributed by atoms with van der Waals surface area (Å²) in [4.78, 5) is 143. The maximum absolute atomic E-state index is 15.2. The number of carbonyl (C=O) groups is 8. The number of esters is 2. The average molecular weight is 1580 g/mol. The highest BCUT2D eigenvalue weighted by Crippen LogP contribution is 2.43. The lowest BCUT2D eigenvalue weighted by Crippen LogP contribution is -2.62. The number of methoxy groups -OCH3 is 1. The van der Waals surface area contributed by atoms with Gasteiger partial charge >= 0.3 is 30.1 Å². The lowest BCUT2D eigenvalue weighted by molar-refractivity contribution is -0.280. The number of aromatic nitrogens is 7. The van der Waals surface area contributed by atoms with E-state index in [4.69, 9.17) is 53.3 Å². The second-order valence-corrected chi connectivity index (χ2v) is 29.7. The van der Waals surface area contributed by atoms with E-state index in [1.807, 2.05) is 19.0 Å². The van der Waals surface area contributed by atoms with E-state index in [0.717, 1.165) is 56.7 Å².